The van der Waals surface area contributed by atoms with Crippen LogP contribution in [0.25, 0.3) is 0 Å². The molecule has 1 unspecified atom stereocenters. The van der Waals surface area contributed by atoms with Gasteiger partial charge in [0.15, 0.2) is 0 Å². The highest BCUT2D eigenvalue weighted by Crippen LogP contribution is 1.91. The number of hydrogen-bond donors (Lipinski definition) is 1. The normalized spacial score (nSPS) is 13.5. The maximum atomic E-state index is 4.97. The quantitative estimate of drug-likeness (QED) is 0.584. The minimum Gasteiger partial charge on any atom is -0.385 e. The summed E-state index contributed by atoms with van der Waals surface area (Å²) in [5.74, 6) is 0. The van der Waals surface area contributed by atoms with Crippen LogP contribution in [0.2, 0.25) is 0 Å². The Balaban J connectivity index is 3.21. The molecule has 62 valence electrons. The van der Waals surface area contributed by atoms with E-state index in [-0.39, 0.29) is 0 Å². The van der Waals surface area contributed by atoms with Crippen molar-refractivity contribution in [3.8, 4) is 0 Å². The Kier molecular flexibility index (Phi) is 6.91. The first-order valence-electron chi connectivity index (χ1n) is 3.50. The zero-order valence-corrected chi connectivity index (χ0v) is 7.02. The summed E-state index contributed by atoms with van der Waals surface area (Å²) in [4.78, 5) is 0. The lowest BCUT2D eigenvalue weighted by Gasteiger charge is -2.13. The number of likely N-dealkylation sites (N-methyl/N-ethyl adjacent to an activating group) is 1. The maximum Gasteiger partial charge on any atom is 0.0616 e. The maximum absolute atomic E-state index is 4.97. The molecular weight excluding hydrogens is 130 g/mol. The highest BCUT2D eigenvalue weighted by Gasteiger charge is 2.02. The zero-order valence-electron chi connectivity index (χ0n) is 7.02. The van der Waals surface area contributed by atoms with Crippen LogP contribution in [-0.2, 0) is 9.47 Å². The molecule has 0 saturated heterocycles. The molecule has 0 aromatic carbocycles. The topological polar surface area (TPSA) is 30.5 Å². The molecule has 3 heteroatoms. The molecule has 1 atom stereocenters. The van der Waals surface area contributed by atoms with Gasteiger partial charge in [-0.15, -0.1) is 0 Å². The van der Waals surface area contributed by atoms with E-state index in [0.717, 1.165) is 19.6 Å². The Morgan fingerprint density at radius 1 is 1.30 bits per heavy atom. The summed E-state index contributed by atoms with van der Waals surface area (Å²) in [5.41, 5.74) is 0. The first kappa shape index (κ1) is 9.88. The van der Waals surface area contributed by atoms with Crippen LogP contribution < -0.4 is 5.32 Å². The molecule has 0 rings (SSSR count). The van der Waals surface area contributed by atoms with Gasteiger partial charge < -0.3 is 14.8 Å². The minimum atomic E-state index is 0.421. The predicted molar refractivity (Wildman–Crippen MR) is 41.2 cm³/mol. The second-order valence-corrected chi connectivity index (χ2v) is 2.22. The molecule has 0 aliphatic rings. The first-order chi connectivity index (χ1) is 4.85. The molecule has 0 heterocycles. The van der Waals surface area contributed by atoms with Crippen LogP contribution in [0.5, 0.6) is 0 Å². The fourth-order valence-electron chi connectivity index (χ4n) is 0.772. The van der Waals surface area contributed by atoms with Gasteiger partial charge in [0, 0.05) is 26.9 Å². The fourth-order valence-corrected chi connectivity index (χ4v) is 0.772. The van der Waals surface area contributed by atoms with Crippen molar-refractivity contribution in [2.75, 3.05) is 34.5 Å². The van der Waals surface area contributed by atoms with E-state index in [1.165, 1.54) is 0 Å². The summed E-state index contributed by atoms with van der Waals surface area (Å²) < 4.78 is 9.90. The number of hydrogen-bond acceptors (Lipinski definition) is 3. The lowest BCUT2D eigenvalue weighted by Crippen LogP contribution is -2.30. The second kappa shape index (κ2) is 6.99. The van der Waals surface area contributed by atoms with Gasteiger partial charge in [0.2, 0.25) is 0 Å². The second-order valence-electron chi connectivity index (χ2n) is 2.22. The van der Waals surface area contributed by atoms with Crippen molar-refractivity contribution < 1.29 is 9.47 Å². The lowest BCUT2D eigenvalue weighted by molar-refractivity contribution is 0.135. The van der Waals surface area contributed by atoms with Crippen LogP contribution >= 0.6 is 0 Å². The van der Waals surface area contributed by atoms with Crippen LogP contribution in [0, 0.1) is 0 Å². The molecule has 0 saturated carbocycles. The van der Waals surface area contributed by atoms with E-state index in [1.54, 1.807) is 14.2 Å². The average molecular weight is 147 g/mol. The molecule has 0 radical (unpaired) electrons. The Morgan fingerprint density at radius 3 is 2.40 bits per heavy atom. The lowest BCUT2D eigenvalue weighted by atomic mass is 10.2. The van der Waals surface area contributed by atoms with Gasteiger partial charge in [-0.2, -0.15) is 0 Å². The van der Waals surface area contributed by atoms with Crippen LogP contribution in [0.4, 0.5) is 0 Å². The van der Waals surface area contributed by atoms with Crippen LogP contribution in [0.3, 0.4) is 0 Å². The van der Waals surface area contributed by atoms with Crippen LogP contribution in [0.1, 0.15) is 6.42 Å². The number of methoxy groups -OCH3 is 2. The Labute approximate surface area is 62.7 Å². The third-order valence-electron chi connectivity index (χ3n) is 1.45. The Morgan fingerprint density at radius 2 is 2.00 bits per heavy atom. The number of ether oxygens (including phenoxy) is 2. The van der Waals surface area contributed by atoms with E-state index in [0.29, 0.717) is 6.04 Å². The van der Waals surface area contributed by atoms with Crippen molar-refractivity contribution in [3.63, 3.8) is 0 Å². The Bertz CT molecular complexity index is 68.6. The van der Waals surface area contributed by atoms with Gasteiger partial charge in [-0.25, -0.2) is 0 Å². The summed E-state index contributed by atoms with van der Waals surface area (Å²) in [6, 6.07) is 0.421. The molecule has 0 fully saturated rings. The molecule has 0 aromatic heterocycles. The zero-order chi connectivity index (χ0) is 7.82. The van der Waals surface area contributed by atoms with Gasteiger partial charge >= 0.3 is 0 Å². The van der Waals surface area contributed by atoms with Crippen molar-refractivity contribution in [2.24, 2.45) is 0 Å². The van der Waals surface area contributed by atoms with Crippen molar-refractivity contribution in [1.29, 1.82) is 0 Å². The van der Waals surface area contributed by atoms with E-state index in [2.05, 4.69) is 5.32 Å². The third kappa shape index (κ3) is 4.73. The van der Waals surface area contributed by atoms with E-state index in [1.807, 2.05) is 7.05 Å². The molecule has 0 aliphatic heterocycles. The van der Waals surface area contributed by atoms with Gasteiger partial charge in [0.1, 0.15) is 0 Å². The van der Waals surface area contributed by atoms with Gasteiger partial charge in [-0.3, -0.25) is 0 Å². The number of nitrogens with one attached hydrogen (secondary N) is 1. The first-order valence-corrected chi connectivity index (χ1v) is 3.50. The van der Waals surface area contributed by atoms with Crippen LogP contribution in [-0.4, -0.2) is 40.5 Å². The molecule has 0 aromatic rings. The summed E-state index contributed by atoms with van der Waals surface area (Å²) in [6.45, 7) is 1.54. The molecule has 10 heavy (non-hydrogen) atoms. The van der Waals surface area contributed by atoms with E-state index < -0.39 is 0 Å². The van der Waals surface area contributed by atoms with Crippen molar-refractivity contribution in [1.82, 2.24) is 5.32 Å². The molecule has 1 N–H and O–H groups in total. The van der Waals surface area contributed by atoms with Gasteiger partial charge in [0.05, 0.1) is 6.61 Å². The monoisotopic (exact) mass is 147 g/mol. The van der Waals surface area contributed by atoms with E-state index in [9.17, 15) is 0 Å². The highest BCUT2D eigenvalue weighted by molar-refractivity contribution is 4.61. The fraction of sp³-hybridized carbons (Fsp3) is 1.00. The van der Waals surface area contributed by atoms with Crippen LogP contribution in [0.15, 0.2) is 0 Å². The number of rotatable bonds is 6. The van der Waals surface area contributed by atoms with Gasteiger partial charge in [-0.05, 0) is 13.5 Å². The molecule has 0 aliphatic carbocycles. The van der Waals surface area contributed by atoms with Crippen molar-refractivity contribution in [3.05, 3.63) is 0 Å². The standard InChI is InChI=1S/C7H17NO2/c1-8-7(6-10-3)4-5-9-2/h7-8H,4-6H2,1-3H3. The molecule has 3 nitrogen and oxygen atoms in total. The molecule has 0 bridgehead atoms. The summed E-state index contributed by atoms with van der Waals surface area (Å²) in [5, 5.41) is 3.13. The smallest absolute Gasteiger partial charge is 0.0616 e. The van der Waals surface area contributed by atoms with E-state index in [4.69, 9.17) is 9.47 Å². The summed E-state index contributed by atoms with van der Waals surface area (Å²) in [7, 11) is 5.34. The molecule has 0 spiro atoms. The van der Waals surface area contributed by atoms with Gasteiger partial charge in [-0.1, -0.05) is 0 Å². The van der Waals surface area contributed by atoms with Crippen molar-refractivity contribution in [2.45, 2.75) is 12.5 Å². The third-order valence-corrected chi connectivity index (χ3v) is 1.45. The molecular formula is C7H17NO2. The van der Waals surface area contributed by atoms with E-state index >= 15 is 0 Å². The largest absolute Gasteiger partial charge is 0.385 e. The Hall–Kier alpha value is -0.120. The summed E-state index contributed by atoms with van der Waals surface area (Å²) >= 11 is 0. The van der Waals surface area contributed by atoms with Gasteiger partial charge in [0.25, 0.3) is 0 Å². The van der Waals surface area contributed by atoms with Crippen molar-refractivity contribution >= 4 is 0 Å². The predicted octanol–water partition coefficient (Wildman–Crippen LogP) is 0.257. The summed E-state index contributed by atoms with van der Waals surface area (Å²) in [6.07, 6.45) is 1.00. The minimum absolute atomic E-state index is 0.421. The molecule has 0 amide bonds. The highest BCUT2D eigenvalue weighted by atomic mass is 16.5. The average Bonchev–Trinajstić information content (AvgIpc) is 1.98. The SMILES string of the molecule is CNC(CCOC)COC.